The first-order valence-corrected chi connectivity index (χ1v) is 40.7. The molecule has 8 rings (SSSR count). The molecule has 96 heavy (non-hydrogen) atoms. The monoisotopic (exact) mass is 1320 g/mol. The predicted molar refractivity (Wildman–Crippen MR) is 434 cm³/mol. The van der Waals surface area contributed by atoms with Crippen molar-refractivity contribution < 1.29 is 0 Å². The van der Waals surface area contributed by atoms with Gasteiger partial charge in [0.15, 0.2) is 0 Å². The average Bonchev–Trinajstić information content (AvgIpc) is 3.55. The molecule has 2 aromatic heterocycles. The summed E-state index contributed by atoms with van der Waals surface area (Å²) in [6.07, 6.45) is 23.2. The Kier molecular flexibility index (Phi) is 45.8. The lowest BCUT2D eigenvalue weighted by Gasteiger charge is -2.34. The van der Waals surface area contributed by atoms with Crippen molar-refractivity contribution in [2.45, 2.75) is 352 Å². The van der Waals surface area contributed by atoms with E-state index in [2.05, 4.69) is 310 Å². The van der Waals surface area contributed by atoms with E-state index >= 15 is 0 Å². The molecule has 2 aromatic carbocycles. The van der Waals surface area contributed by atoms with Gasteiger partial charge in [-0.15, -0.1) is 0 Å². The standard InChI is InChI=1S/3C12H24.2C12H18.C11H23N.2C11H17N/c5*1-9(2)11-6-5-7-12(8-11)10(3)4;2*1-8(2)10-5-11(9(3)4)7-12-6-10;1-8(2)10-6-5-7-11(12-10)9(3)4/h3*9-12H,5-8H2,1-4H3;2*5-10H,1-4H3;8-12H,5-7H2,1-4H3;2*5-9H,1-4H3. The van der Waals surface area contributed by atoms with Gasteiger partial charge < -0.3 is 5.32 Å². The molecule has 0 bridgehead atoms. The first-order valence-electron chi connectivity index (χ1n) is 40.7. The largest absolute Gasteiger partial charge is 0.316 e. The van der Waals surface area contributed by atoms with Crippen molar-refractivity contribution in [3.8, 4) is 0 Å². The van der Waals surface area contributed by atoms with Crippen LogP contribution in [0.1, 0.15) is 397 Å². The summed E-state index contributed by atoms with van der Waals surface area (Å²) in [5.74, 6) is 19.9. The number of piperidine rings is 1. The van der Waals surface area contributed by atoms with Crippen LogP contribution in [0.4, 0.5) is 0 Å². The van der Waals surface area contributed by atoms with Crippen LogP contribution in [-0.2, 0) is 0 Å². The second-order valence-corrected chi connectivity index (χ2v) is 36.0. The van der Waals surface area contributed by atoms with Gasteiger partial charge in [-0.05, 0) is 226 Å². The molecule has 1 N–H and O–H groups in total. The lowest BCUT2D eigenvalue weighted by molar-refractivity contribution is 0.177. The van der Waals surface area contributed by atoms with Crippen LogP contribution in [0, 0.1) is 94.7 Å². The van der Waals surface area contributed by atoms with Crippen LogP contribution in [-0.4, -0.2) is 23.1 Å². The number of hydrogen-bond acceptors (Lipinski definition) is 3. The molecule has 3 aliphatic carbocycles. The summed E-state index contributed by atoms with van der Waals surface area (Å²) in [6, 6.07) is 26.3. The minimum Gasteiger partial charge on any atom is -0.316 e. The van der Waals surface area contributed by atoms with E-state index in [0.29, 0.717) is 47.3 Å². The molecule has 552 valence electrons. The number of aromatic nitrogens is 2. The van der Waals surface area contributed by atoms with Crippen molar-refractivity contribution in [1.82, 2.24) is 15.3 Å². The fraction of sp³-hybridized carbons (Fsp3) is 0.763. The third-order valence-electron chi connectivity index (χ3n) is 22.8. The molecule has 0 amide bonds. The molecule has 4 aliphatic rings. The zero-order chi connectivity index (χ0) is 73.1. The first-order chi connectivity index (χ1) is 44.9. The third kappa shape index (κ3) is 36.9. The maximum absolute atomic E-state index is 4.57. The Hall–Kier alpha value is -3.30. The highest BCUT2D eigenvalue weighted by molar-refractivity contribution is 5.29. The number of nitrogens with one attached hydrogen (secondary N) is 1. The predicted octanol–water partition coefficient (Wildman–Crippen LogP) is 29.4. The molecule has 8 atom stereocenters. The van der Waals surface area contributed by atoms with Gasteiger partial charge >= 0.3 is 0 Å². The van der Waals surface area contributed by atoms with Crippen LogP contribution in [0.15, 0.2) is 85.2 Å². The summed E-state index contributed by atoms with van der Waals surface area (Å²) in [5.41, 5.74) is 10.8. The molecule has 0 spiro atoms. The Balaban J connectivity index is 0.000000549. The smallest absolute Gasteiger partial charge is 0.0432 e. The minimum absolute atomic E-state index is 0.531. The maximum atomic E-state index is 4.57. The quantitative estimate of drug-likeness (QED) is 0.121. The average molecular weight is 1330 g/mol. The number of pyridine rings is 2. The van der Waals surface area contributed by atoms with Crippen molar-refractivity contribution in [2.75, 3.05) is 13.1 Å². The van der Waals surface area contributed by atoms with E-state index in [9.17, 15) is 0 Å². The highest BCUT2D eigenvalue weighted by Crippen LogP contribution is 2.40. The Morgan fingerprint density at radius 3 is 0.677 bits per heavy atom. The minimum atomic E-state index is 0.531. The third-order valence-corrected chi connectivity index (χ3v) is 22.8. The Bertz CT molecular complexity index is 2030. The molecule has 3 heterocycles. The van der Waals surface area contributed by atoms with E-state index in [1.165, 1.54) is 141 Å². The maximum Gasteiger partial charge on any atom is 0.0432 e. The lowest BCUT2D eigenvalue weighted by Crippen LogP contribution is -2.40. The zero-order valence-electron chi connectivity index (χ0n) is 69.9. The van der Waals surface area contributed by atoms with E-state index in [1.807, 2.05) is 12.4 Å². The summed E-state index contributed by atoms with van der Waals surface area (Å²) in [7, 11) is 0. The molecular weight excluding hydrogens is 1160 g/mol. The van der Waals surface area contributed by atoms with Gasteiger partial charge in [-0.1, -0.05) is 340 Å². The summed E-state index contributed by atoms with van der Waals surface area (Å²) in [4.78, 5) is 8.80. The fourth-order valence-electron chi connectivity index (χ4n) is 14.2. The van der Waals surface area contributed by atoms with Crippen LogP contribution in [0.2, 0.25) is 0 Å². The van der Waals surface area contributed by atoms with Gasteiger partial charge in [-0.3, -0.25) is 9.97 Å². The van der Waals surface area contributed by atoms with Crippen molar-refractivity contribution in [3.05, 3.63) is 130 Å². The molecule has 3 saturated carbocycles. The van der Waals surface area contributed by atoms with Gasteiger partial charge in [0.1, 0.15) is 0 Å². The molecule has 3 nitrogen and oxygen atoms in total. The van der Waals surface area contributed by atoms with Gasteiger partial charge in [0, 0.05) is 23.8 Å². The van der Waals surface area contributed by atoms with Crippen LogP contribution >= 0.6 is 0 Å². The first kappa shape index (κ1) is 90.7. The Labute approximate surface area is 602 Å². The van der Waals surface area contributed by atoms with Gasteiger partial charge in [-0.2, -0.15) is 0 Å². The van der Waals surface area contributed by atoms with Gasteiger partial charge in [0.2, 0.25) is 0 Å². The van der Waals surface area contributed by atoms with E-state index < -0.39 is 0 Å². The molecule has 1 aliphatic heterocycles. The van der Waals surface area contributed by atoms with Crippen molar-refractivity contribution in [2.24, 2.45) is 94.7 Å². The molecule has 1 saturated heterocycles. The van der Waals surface area contributed by atoms with E-state index in [4.69, 9.17) is 0 Å². The normalized spacial score (nSPS) is 21.3. The second kappa shape index (κ2) is 48.5. The van der Waals surface area contributed by atoms with Crippen molar-refractivity contribution in [3.63, 3.8) is 0 Å². The number of rotatable bonds is 16. The second-order valence-electron chi connectivity index (χ2n) is 36.0. The number of nitrogens with zero attached hydrogens (tertiary/aromatic N) is 2. The molecule has 4 fully saturated rings. The summed E-state index contributed by atoms with van der Waals surface area (Å²) < 4.78 is 0. The van der Waals surface area contributed by atoms with E-state index in [0.717, 1.165) is 94.7 Å². The van der Waals surface area contributed by atoms with E-state index in [-0.39, 0.29) is 0 Å². The summed E-state index contributed by atoms with van der Waals surface area (Å²) >= 11 is 0. The summed E-state index contributed by atoms with van der Waals surface area (Å²) in [5, 5.41) is 3.55. The van der Waals surface area contributed by atoms with Crippen LogP contribution in [0.3, 0.4) is 0 Å². The van der Waals surface area contributed by atoms with Gasteiger partial charge in [-0.25, -0.2) is 0 Å². The molecule has 4 aromatic rings. The molecular formula is C93H165N3. The highest BCUT2D eigenvalue weighted by atomic mass is 14.9. The number of benzene rings is 2. The summed E-state index contributed by atoms with van der Waals surface area (Å²) in [6.45, 7) is 75.8. The van der Waals surface area contributed by atoms with Crippen LogP contribution in [0.5, 0.6) is 0 Å². The topological polar surface area (TPSA) is 37.8 Å². The van der Waals surface area contributed by atoms with Crippen LogP contribution in [0.25, 0.3) is 0 Å². The molecule has 0 radical (unpaired) electrons. The highest BCUT2D eigenvalue weighted by Gasteiger charge is 2.29. The number of hydrogen-bond donors (Lipinski definition) is 1. The van der Waals surface area contributed by atoms with Gasteiger partial charge in [0.25, 0.3) is 0 Å². The molecule has 8 unspecified atom stereocenters. The molecule has 3 heteroatoms. The Morgan fingerprint density at radius 1 is 0.260 bits per heavy atom. The van der Waals surface area contributed by atoms with Crippen molar-refractivity contribution >= 4 is 0 Å². The fourth-order valence-corrected chi connectivity index (χ4v) is 14.2. The Morgan fingerprint density at radius 2 is 0.469 bits per heavy atom. The SMILES string of the molecule is CC(C)C1CCCC(C(C)C)C1.CC(C)C1CCCC(C(C)C)C1.CC(C)C1CCCC(C(C)C)C1.CC(C)C1CNCC(C(C)C)C1.CC(C)c1cccc(C(C)C)c1.CC(C)c1cccc(C(C)C)c1.CC(C)c1cccc(C(C)C)n1.CC(C)c1cncc(C(C)C)c1. The zero-order valence-corrected chi connectivity index (χ0v) is 69.9. The van der Waals surface area contributed by atoms with Crippen LogP contribution < -0.4 is 5.32 Å². The van der Waals surface area contributed by atoms with E-state index in [1.54, 1.807) is 0 Å². The van der Waals surface area contributed by atoms with Crippen molar-refractivity contribution in [1.29, 1.82) is 0 Å². The van der Waals surface area contributed by atoms with Gasteiger partial charge in [0.05, 0.1) is 0 Å². The lowest BCUT2D eigenvalue weighted by atomic mass is 9.72.